The van der Waals surface area contributed by atoms with Gasteiger partial charge in [-0.1, -0.05) is 26.0 Å². The molecule has 1 aromatic carbocycles. The molecule has 0 fully saturated rings. The Morgan fingerprint density at radius 3 is 2.76 bits per heavy atom. The fourth-order valence-electron chi connectivity index (χ4n) is 1.54. The van der Waals surface area contributed by atoms with Crippen LogP contribution in [0.4, 0.5) is 0 Å². The van der Waals surface area contributed by atoms with Gasteiger partial charge in [0.15, 0.2) is 0 Å². The minimum atomic E-state index is 0.224. The van der Waals surface area contributed by atoms with Crippen molar-refractivity contribution in [2.24, 2.45) is 11.1 Å². The van der Waals surface area contributed by atoms with E-state index in [-0.39, 0.29) is 5.41 Å². The monoisotopic (exact) mass is 236 g/mol. The molecule has 0 heterocycles. The van der Waals surface area contributed by atoms with E-state index in [1.165, 1.54) is 5.56 Å². The molecular weight excluding hydrogens is 212 g/mol. The molecule has 0 aliphatic rings. The number of rotatable bonds is 7. The molecule has 0 amide bonds. The van der Waals surface area contributed by atoms with Crippen LogP contribution >= 0.6 is 0 Å². The van der Waals surface area contributed by atoms with E-state index in [4.69, 9.17) is 10.5 Å². The Morgan fingerprint density at radius 1 is 1.35 bits per heavy atom. The molecule has 0 unspecified atom stereocenters. The lowest BCUT2D eigenvalue weighted by atomic mass is 9.90. The van der Waals surface area contributed by atoms with Gasteiger partial charge in [-0.15, -0.1) is 0 Å². The Morgan fingerprint density at radius 2 is 2.12 bits per heavy atom. The fraction of sp³-hybridized carbons (Fsp3) is 0.571. The van der Waals surface area contributed by atoms with E-state index in [2.05, 4.69) is 31.3 Å². The number of ether oxygens (including phenoxy) is 1. The maximum absolute atomic E-state index is 5.69. The van der Waals surface area contributed by atoms with Gasteiger partial charge < -0.3 is 15.8 Å². The van der Waals surface area contributed by atoms with Crippen LogP contribution in [0.15, 0.2) is 24.3 Å². The highest BCUT2D eigenvalue weighted by Crippen LogP contribution is 2.17. The van der Waals surface area contributed by atoms with Crippen molar-refractivity contribution in [2.75, 3.05) is 20.2 Å². The number of benzene rings is 1. The first kappa shape index (κ1) is 14.0. The number of nitrogens with two attached hydrogens (primary N) is 1. The average Bonchev–Trinajstić information content (AvgIpc) is 2.35. The zero-order valence-electron chi connectivity index (χ0n) is 11.1. The molecule has 0 radical (unpaired) electrons. The van der Waals surface area contributed by atoms with E-state index >= 15 is 0 Å². The molecule has 1 rings (SSSR count). The second-order valence-corrected chi connectivity index (χ2v) is 5.15. The average molecular weight is 236 g/mol. The van der Waals surface area contributed by atoms with Crippen LogP contribution in [0.1, 0.15) is 25.8 Å². The first-order chi connectivity index (χ1) is 8.07. The van der Waals surface area contributed by atoms with Gasteiger partial charge in [-0.05, 0) is 42.6 Å². The summed E-state index contributed by atoms with van der Waals surface area (Å²) in [5, 5.41) is 3.43. The molecule has 0 saturated carbocycles. The van der Waals surface area contributed by atoms with Gasteiger partial charge >= 0.3 is 0 Å². The van der Waals surface area contributed by atoms with Gasteiger partial charge in [0, 0.05) is 6.54 Å². The summed E-state index contributed by atoms with van der Waals surface area (Å²) in [7, 11) is 1.69. The summed E-state index contributed by atoms with van der Waals surface area (Å²) in [5.74, 6) is 0.909. The van der Waals surface area contributed by atoms with E-state index in [1.54, 1.807) is 7.11 Å². The molecule has 0 atom stereocenters. The maximum atomic E-state index is 5.69. The highest BCUT2D eigenvalue weighted by molar-refractivity contribution is 5.28. The minimum absolute atomic E-state index is 0.224. The summed E-state index contributed by atoms with van der Waals surface area (Å²) in [6.45, 7) is 6.98. The van der Waals surface area contributed by atoms with Gasteiger partial charge in [-0.25, -0.2) is 0 Å². The zero-order valence-corrected chi connectivity index (χ0v) is 11.1. The topological polar surface area (TPSA) is 47.3 Å². The van der Waals surface area contributed by atoms with Crippen LogP contribution < -0.4 is 15.8 Å². The van der Waals surface area contributed by atoms with E-state index in [0.717, 1.165) is 31.8 Å². The molecule has 0 aromatic heterocycles. The Bertz CT molecular complexity index is 337. The van der Waals surface area contributed by atoms with Gasteiger partial charge in [-0.3, -0.25) is 0 Å². The normalized spacial score (nSPS) is 11.5. The van der Waals surface area contributed by atoms with Gasteiger partial charge in [0.1, 0.15) is 5.75 Å². The summed E-state index contributed by atoms with van der Waals surface area (Å²) in [4.78, 5) is 0. The van der Waals surface area contributed by atoms with Crippen molar-refractivity contribution in [3.8, 4) is 5.75 Å². The van der Waals surface area contributed by atoms with E-state index in [0.29, 0.717) is 0 Å². The van der Waals surface area contributed by atoms with Crippen LogP contribution in [0.3, 0.4) is 0 Å². The maximum Gasteiger partial charge on any atom is 0.119 e. The predicted octanol–water partition coefficient (Wildman–Crippen LogP) is 2.16. The first-order valence-corrected chi connectivity index (χ1v) is 6.11. The standard InChI is InChI=1S/C14H24N2O/c1-14(2,11-15)7-8-16-10-12-5-4-6-13(9-12)17-3/h4-6,9,16H,7-8,10-11,15H2,1-3H3. The Balaban J connectivity index is 2.31. The lowest BCUT2D eigenvalue weighted by molar-refractivity contribution is 0.339. The van der Waals surface area contributed by atoms with Crippen molar-refractivity contribution in [1.29, 1.82) is 0 Å². The molecule has 3 nitrogen and oxygen atoms in total. The van der Waals surface area contributed by atoms with Gasteiger partial charge in [0.2, 0.25) is 0 Å². The third kappa shape index (κ3) is 5.20. The zero-order chi connectivity index (χ0) is 12.7. The lowest BCUT2D eigenvalue weighted by Gasteiger charge is -2.22. The molecule has 3 heteroatoms. The number of hydrogen-bond donors (Lipinski definition) is 2. The summed E-state index contributed by atoms with van der Waals surface area (Å²) in [5.41, 5.74) is 7.16. The predicted molar refractivity (Wildman–Crippen MR) is 72.2 cm³/mol. The van der Waals surface area contributed by atoms with Crippen LogP contribution in [0.5, 0.6) is 5.75 Å². The van der Waals surface area contributed by atoms with Crippen molar-refractivity contribution >= 4 is 0 Å². The third-order valence-electron chi connectivity index (χ3n) is 2.99. The highest BCUT2D eigenvalue weighted by Gasteiger charge is 2.14. The number of methoxy groups -OCH3 is 1. The molecule has 0 bridgehead atoms. The second kappa shape index (κ2) is 6.62. The quantitative estimate of drug-likeness (QED) is 0.713. The van der Waals surface area contributed by atoms with Crippen molar-refractivity contribution in [3.05, 3.63) is 29.8 Å². The van der Waals surface area contributed by atoms with Crippen LogP contribution in [0.2, 0.25) is 0 Å². The minimum Gasteiger partial charge on any atom is -0.497 e. The van der Waals surface area contributed by atoms with Crippen LogP contribution in [-0.2, 0) is 6.54 Å². The summed E-state index contributed by atoms with van der Waals surface area (Å²) in [6, 6.07) is 8.13. The van der Waals surface area contributed by atoms with Gasteiger partial charge in [0.25, 0.3) is 0 Å². The van der Waals surface area contributed by atoms with Crippen molar-refractivity contribution in [1.82, 2.24) is 5.32 Å². The van der Waals surface area contributed by atoms with E-state index in [1.807, 2.05) is 12.1 Å². The molecule has 17 heavy (non-hydrogen) atoms. The molecule has 0 saturated heterocycles. The molecule has 96 valence electrons. The Labute approximate surface area is 104 Å². The molecule has 0 spiro atoms. The largest absolute Gasteiger partial charge is 0.497 e. The Hall–Kier alpha value is -1.06. The molecule has 0 aliphatic carbocycles. The van der Waals surface area contributed by atoms with Crippen molar-refractivity contribution < 1.29 is 4.74 Å². The van der Waals surface area contributed by atoms with E-state index < -0.39 is 0 Å². The molecular formula is C14H24N2O. The van der Waals surface area contributed by atoms with Crippen LogP contribution in [0.25, 0.3) is 0 Å². The fourth-order valence-corrected chi connectivity index (χ4v) is 1.54. The molecule has 1 aromatic rings. The summed E-state index contributed by atoms with van der Waals surface area (Å²) in [6.07, 6.45) is 1.09. The smallest absolute Gasteiger partial charge is 0.119 e. The molecule has 0 aliphatic heterocycles. The SMILES string of the molecule is COc1cccc(CNCCC(C)(C)CN)c1. The highest BCUT2D eigenvalue weighted by atomic mass is 16.5. The number of hydrogen-bond acceptors (Lipinski definition) is 3. The van der Waals surface area contributed by atoms with Gasteiger partial charge in [0.05, 0.1) is 7.11 Å². The second-order valence-electron chi connectivity index (χ2n) is 5.15. The Kier molecular flexibility index (Phi) is 5.45. The lowest BCUT2D eigenvalue weighted by Crippen LogP contribution is -2.28. The first-order valence-electron chi connectivity index (χ1n) is 6.11. The van der Waals surface area contributed by atoms with Gasteiger partial charge in [-0.2, -0.15) is 0 Å². The van der Waals surface area contributed by atoms with Crippen LogP contribution in [0, 0.1) is 5.41 Å². The summed E-state index contributed by atoms with van der Waals surface area (Å²) < 4.78 is 5.19. The molecule has 3 N–H and O–H groups in total. The van der Waals surface area contributed by atoms with Crippen molar-refractivity contribution in [2.45, 2.75) is 26.8 Å². The number of nitrogens with one attached hydrogen (secondary N) is 1. The third-order valence-corrected chi connectivity index (χ3v) is 2.99. The van der Waals surface area contributed by atoms with Crippen LogP contribution in [-0.4, -0.2) is 20.2 Å². The summed E-state index contributed by atoms with van der Waals surface area (Å²) >= 11 is 0. The van der Waals surface area contributed by atoms with E-state index in [9.17, 15) is 0 Å². The van der Waals surface area contributed by atoms with Crippen molar-refractivity contribution in [3.63, 3.8) is 0 Å².